The van der Waals surface area contributed by atoms with Gasteiger partial charge in [0.25, 0.3) is 5.91 Å². The van der Waals surface area contributed by atoms with E-state index in [1.165, 1.54) is 23.1 Å². The van der Waals surface area contributed by atoms with Crippen molar-refractivity contribution in [2.75, 3.05) is 6.54 Å². The van der Waals surface area contributed by atoms with Gasteiger partial charge in [-0.2, -0.15) is 0 Å². The number of alkyl carbamates (subject to hydrolysis) is 1. The van der Waals surface area contributed by atoms with Crippen LogP contribution in [-0.2, 0) is 29.1 Å². The number of nitrogens with one attached hydrogen (secondary N) is 3. The average Bonchev–Trinajstić information content (AvgIpc) is 4.02. The number of sulfonamides is 1. The van der Waals surface area contributed by atoms with Gasteiger partial charge in [0.1, 0.15) is 46.7 Å². The molecule has 2 aliphatic heterocycles. The molecule has 0 bridgehead atoms. The van der Waals surface area contributed by atoms with E-state index in [0.29, 0.717) is 58.1 Å². The predicted octanol–water partition coefficient (Wildman–Crippen LogP) is 6.32. The number of carbonyl (C=O) groups excluding carboxylic acids is 4. The van der Waals surface area contributed by atoms with Crippen LogP contribution >= 0.6 is 11.6 Å². The zero-order valence-electron chi connectivity index (χ0n) is 32.2. The van der Waals surface area contributed by atoms with Crippen LogP contribution in [0.25, 0.3) is 33.0 Å². The maximum atomic E-state index is 14.9. The standard InChI is InChI=1S/C42H45ClFN5O9S/c43-24-12-17-34-30(18-24)35-37(58-34)36(29-19-25(44)13-16-31(29)45-35)56-27-20-33-38(50)47-42(40(52)48-59(54,55)28-14-15-28)21-23(42)8-4-2-1-3-5-11-32(39(51)49(33)22-27)46-41(53)57-26-9-6-7-10-26/h4,8,12-13,16-19,23,26-28,32-33H,1-3,5-7,9-11,14-15,20-22H2,(H,46,53)(H,47,50)(H,48,52)/t23-,27-,32+,33+,42-/m1/s1. The summed E-state index contributed by atoms with van der Waals surface area (Å²) in [6.07, 6.45) is 9.36. The molecule has 3 N–H and O–H groups in total. The SMILES string of the molecule is O=C(N[C@H]1CCCCCC=C[C@@H]2C[C@@]2(C(=O)NS(=O)(=O)C2CC2)NC(=O)[C@@H]2C[C@@H](Oc3c4cc(F)ccc4nc4c3oc3ccc(Cl)cc34)CN2C1=O)OC1CCCC1. The van der Waals surface area contributed by atoms with Crippen LogP contribution in [0.2, 0.25) is 5.02 Å². The first kappa shape index (κ1) is 39.5. The van der Waals surface area contributed by atoms with Gasteiger partial charge in [-0.05, 0) is 101 Å². The van der Waals surface area contributed by atoms with E-state index < -0.39 is 74.5 Å². The summed E-state index contributed by atoms with van der Waals surface area (Å²) in [5, 5.41) is 6.37. The van der Waals surface area contributed by atoms with Crippen LogP contribution in [0.15, 0.2) is 53.0 Å². The third-order valence-corrected chi connectivity index (χ3v) is 14.3. The largest absolute Gasteiger partial charge is 0.484 e. The molecule has 2 aromatic carbocycles. The van der Waals surface area contributed by atoms with Crippen molar-refractivity contribution in [2.24, 2.45) is 5.92 Å². The van der Waals surface area contributed by atoms with Gasteiger partial charge in [-0.15, -0.1) is 0 Å². The van der Waals surface area contributed by atoms with Crippen molar-refractivity contribution in [2.45, 2.75) is 119 Å². The van der Waals surface area contributed by atoms with E-state index in [-0.39, 0.29) is 43.2 Å². The van der Waals surface area contributed by atoms with Crippen molar-refractivity contribution in [3.05, 3.63) is 59.4 Å². The monoisotopic (exact) mass is 849 g/mol. The zero-order valence-corrected chi connectivity index (χ0v) is 33.8. The Morgan fingerprint density at radius 2 is 1.78 bits per heavy atom. The smallest absolute Gasteiger partial charge is 0.408 e. The van der Waals surface area contributed by atoms with Crippen LogP contribution < -0.4 is 20.1 Å². The normalized spacial score (nSPS) is 26.8. The second-order valence-electron chi connectivity index (χ2n) is 16.5. The molecule has 17 heteroatoms. The number of nitrogens with zero attached hydrogens (tertiary/aromatic N) is 2. The lowest BCUT2D eigenvalue weighted by Crippen LogP contribution is -2.58. The maximum Gasteiger partial charge on any atom is 0.408 e. The Morgan fingerprint density at radius 3 is 2.58 bits per heavy atom. The van der Waals surface area contributed by atoms with Crippen LogP contribution in [0.5, 0.6) is 5.75 Å². The Balaban J connectivity index is 1.07. The second-order valence-corrected chi connectivity index (χ2v) is 18.9. The van der Waals surface area contributed by atoms with E-state index in [1.807, 2.05) is 12.2 Å². The van der Waals surface area contributed by atoms with E-state index in [0.717, 1.165) is 38.5 Å². The number of benzene rings is 2. The van der Waals surface area contributed by atoms with Gasteiger partial charge in [0.2, 0.25) is 21.8 Å². The maximum absolute atomic E-state index is 14.9. The van der Waals surface area contributed by atoms with Crippen LogP contribution in [0.4, 0.5) is 9.18 Å². The lowest BCUT2D eigenvalue weighted by Gasteiger charge is -2.30. The number of aromatic nitrogens is 1. The molecule has 0 spiro atoms. The van der Waals surface area contributed by atoms with Crippen molar-refractivity contribution < 1.29 is 45.9 Å². The minimum absolute atomic E-state index is 0.0674. The molecule has 9 rings (SSSR count). The highest BCUT2D eigenvalue weighted by Gasteiger charge is 2.62. The number of pyridine rings is 1. The molecule has 4 heterocycles. The molecule has 2 aromatic heterocycles. The number of ether oxygens (including phenoxy) is 2. The molecule has 0 unspecified atom stereocenters. The number of fused-ring (bicyclic) bond motifs is 6. The van der Waals surface area contributed by atoms with Crippen molar-refractivity contribution in [3.8, 4) is 5.75 Å². The molecule has 3 aliphatic carbocycles. The van der Waals surface area contributed by atoms with Crippen molar-refractivity contribution in [1.29, 1.82) is 0 Å². The molecule has 5 atom stereocenters. The fourth-order valence-electron chi connectivity index (χ4n) is 8.82. The Kier molecular flexibility index (Phi) is 10.4. The lowest BCUT2D eigenvalue weighted by atomic mass is 10.0. The molecule has 1 saturated heterocycles. The Morgan fingerprint density at radius 1 is 0.983 bits per heavy atom. The van der Waals surface area contributed by atoms with Crippen molar-refractivity contribution in [3.63, 3.8) is 0 Å². The Bertz CT molecular complexity index is 2500. The summed E-state index contributed by atoms with van der Waals surface area (Å²) in [5.74, 6) is -2.92. The van der Waals surface area contributed by atoms with E-state index >= 15 is 0 Å². The fourth-order valence-corrected chi connectivity index (χ4v) is 10.4. The van der Waals surface area contributed by atoms with Gasteiger partial charge in [0, 0.05) is 28.1 Å². The molecular formula is C42H45ClFN5O9S. The summed E-state index contributed by atoms with van der Waals surface area (Å²) >= 11 is 6.34. The lowest BCUT2D eigenvalue weighted by molar-refractivity contribution is -0.141. The van der Waals surface area contributed by atoms with E-state index in [1.54, 1.807) is 18.2 Å². The Hall–Kier alpha value is -4.96. The average molecular weight is 850 g/mol. The highest BCUT2D eigenvalue weighted by molar-refractivity contribution is 7.91. The number of allylic oxidation sites excluding steroid dienone is 1. The minimum Gasteiger partial charge on any atom is -0.484 e. The fraction of sp³-hybridized carbons (Fsp3) is 0.500. The van der Waals surface area contributed by atoms with Crippen molar-refractivity contribution in [1.82, 2.24) is 25.2 Å². The number of hydrogen-bond donors (Lipinski definition) is 3. The minimum atomic E-state index is -3.94. The third-order valence-electron chi connectivity index (χ3n) is 12.3. The van der Waals surface area contributed by atoms with Crippen LogP contribution in [0, 0.1) is 11.7 Å². The summed E-state index contributed by atoms with van der Waals surface area (Å²) in [5.41, 5.74) is -0.0533. The van der Waals surface area contributed by atoms with Crippen LogP contribution in [-0.4, -0.2) is 83.7 Å². The molecule has 4 amide bonds. The summed E-state index contributed by atoms with van der Waals surface area (Å²) in [6.45, 7) is -0.127. The van der Waals surface area contributed by atoms with Crippen LogP contribution in [0.1, 0.15) is 83.5 Å². The van der Waals surface area contributed by atoms with Gasteiger partial charge in [-0.3, -0.25) is 19.1 Å². The molecular weight excluding hydrogens is 805 g/mol. The van der Waals surface area contributed by atoms with Gasteiger partial charge in [0.15, 0.2) is 11.3 Å². The molecule has 4 fully saturated rings. The number of furan rings is 1. The quantitative estimate of drug-likeness (QED) is 0.178. The van der Waals surface area contributed by atoms with Crippen molar-refractivity contribution >= 4 is 78.4 Å². The first-order valence-electron chi connectivity index (χ1n) is 20.5. The number of halogens is 2. The van der Waals surface area contributed by atoms with Gasteiger partial charge in [-0.25, -0.2) is 22.6 Å². The molecule has 312 valence electrons. The summed E-state index contributed by atoms with van der Waals surface area (Å²) in [4.78, 5) is 62.5. The molecule has 3 saturated carbocycles. The number of hydrogen-bond acceptors (Lipinski definition) is 10. The van der Waals surface area contributed by atoms with E-state index in [2.05, 4.69) is 15.4 Å². The second kappa shape index (κ2) is 15.6. The van der Waals surface area contributed by atoms with Gasteiger partial charge in [0.05, 0.1) is 17.3 Å². The predicted molar refractivity (Wildman–Crippen MR) is 215 cm³/mol. The first-order chi connectivity index (χ1) is 28.4. The van der Waals surface area contributed by atoms with E-state index in [4.69, 9.17) is 30.5 Å². The third kappa shape index (κ3) is 7.93. The van der Waals surface area contributed by atoms with Crippen LogP contribution in [0.3, 0.4) is 0 Å². The zero-order chi connectivity index (χ0) is 41.1. The van der Waals surface area contributed by atoms with Gasteiger partial charge in [-0.1, -0.05) is 36.6 Å². The number of rotatable bonds is 7. The molecule has 59 heavy (non-hydrogen) atoms. The van der Waals surface area contributed by atoms with E-state index in [9.17, 15) is 32.0 Å². The first-order valence-corrected chi connectivity index (χ1v) is 22.4. The summed E-state index contributed by atoms with van der Waals surface area (Å²) < 4.78 is 61.5. The molecule has 4 aromatic rings. The Labute approximate surface area is 344 Å². The highest BCUT2D eigenvalue weighted by Crippen LogP contribution is 2.46. The number of amides is 4. The highest BCUT2D eigenvalue weighted by atomic mass is 35.5. The molecule has 14 nitrogen and oxygen atoms in total. The number of carbonyl (C=O) groups is 4. The van der Waals surface area contributed by atoms with Gasteiger partial charge >= 0.3 is 6.09 Å². The van der Waals surface area contributed by atoms with Gasteiger partial charge < -0.3 is 29.4 Å². The summed E-state index contributed by atoms with van der Waals surface area (Å²) in [6, 6.07) is 6.88. The topological polar surface area (TPSA) is 186 Å². The molecule has 5 aliphatic rings. The summed E-state index contributed by atoms with van der Waals surface area (Å²) in [7, 11) is -3.94. The molecule has 0 radical (unpaired) electrons.